The first-order valence-corrected chi connectivity index (χ1v) is 7.30. The van der Waals surface area contributed by atoms with Crippen molar-refractivity contribution in [2.45, 2.75) is 25.5 Å². The number of rotatable bonds is 5. The van der Waals surface area contributed by atoms with Crippen LogP contribution in [0.2, 0.25) is 0 Å². The second-order valence-corrected chi connectivity index (χ2v) is 5.74. The van der Waals surface area contributed by atoms with Crippen LogP contribution < -0.4 is 9.47 Å². The summed E-state index contributed by atoms with van der Waals surface area (Å²) in [5, 5.41) is 0.520. The Bertz CT molecular complexity index is 431. The molecule has 4 heteroatoms. The Balaban J connectivity index is 2.02. The first kappa shape index (κ1) is 13.3. The predicted octanol–water partition coefficient (Wildman–Crippen LogP) is 3.17. The number of hydrogen-bond acceptors (Lipinski definition) is 4. The van der Waals surface area contributed by atoms with Crippen molar-refractivity contribution in [2.24, 2.45) is 0 Å². The summed E-state index contributed by atoms with van der Waals surface area (Å²) in [4.78, 5) is 12.0. The highest BCUT2D eigenvalue weighted by molar-refractivity contribution is 8.00. The van der Waals surface area contributed by atoms with E-state index in [1.807, 2.05) is 12.1 Å². The van der Waals surface area contributed by atoms with E-state index in [-0.39, 0.29) is 5.78 Å². The molecule has 98 valence electrons. The largest absolute Gasteiger partial charge is 0.486 e. The minimum atomic E-state index is 0.150. The fourth-order valence-corrected chi connectivity index (χ4v) is 2.47. The molecule has 0 aliphatic carbocycles. The van der Waals surface area contributed by atoms with E-state index in [2.05, 4.69) is 13.8 Å². The van der Waals surface area contributed by atoms with Crippen LogP contribution in [-0.2, 0) is 0 Å². The maximum atomic E-state index is 12.0. The maximum Gasteiger partial charge on any atom is 0.172 e. The van der Waals surface area contributed by atoms with E-state index in [9.17, 15) is 4.79 Å². The molecule has 0 aromatic heterocycles. The first-order chi connectivity index (χ1) is 8.70. The molecule has 18 heavy (non-hydrogen) atoms. The van der Waals surface area contributed by atoms with Crippen LogP contribution in [0.15, 0.2) is 18.2 Å². The Morgan fingerprint density at radius 1 is 1.33 bits per heavy atom. The topological polar surface area (TPSA) is 35.5 Å². The summed E-state index contributed by atoms with van der Waals surface area (Å²) < 4.78 is 10.9. The second-order valence-electron chi connectivity index (χ2n) is 4.31. The third-order valence-electron chi connectivity index (χ3n) is 2.94. The minimum Gasteiger partial charge on any atom is -0.486 e. The van der Waals surface area contributed by atoms with Gasteiger partial charge < -0.3 is 9.47 Å². The number of Topliss-reactive ketones (excluding diaryl/α,β-unsaturated/α-hetero) is 1. The van der Waals surface area contributed by atoms with Crippen molar-refractivity contribution < 1.29 is 14.3 Å². The number of carbonyl (C=O) groups excluding carboxylic acids is 1. The summed E-state index contributed by atoms with van der Waals surface area (Å²) in [7, 11) is 0. The Morgan fingerprint density at radius 3 is 2.78 bits per heavy atom. The summed E-state index contributed by atoms with van der Waals surface area (Å²) in [6, 6.07) is 5.41. The molecule has 0 fully saturated rings. The molecule has 1 aliphatic rings. The van der Waals surface area contributed by atoms with Crippen molar-refractivity contribution in [3.63, 3.8) is 0 Å². The van der Waals surface area contributed by atoms with Crippen LogP contribution in [0.4, 0.5) is 0 Å². The smallest absolute Gasteiger partial charge is 0.172 e. The molecular weight excluding hydrogens is 248 g/mol. The molecule has 1 aliphatic heterocycles. The SMILES string of the molecule is CC[C@H](C)SCC(=O)c1ccc2c(c1)OCCO2. The van der Waals surface area contributed by atoms with Gasteiger partial charge in [-0.15, -0.1) is 0 Å². The van der Waals surface area contributed by atoms with E-state index in [0.717, 1.165) is 12.2 Å². The second kappa shape index (κ2) is 6.14. The summed E-state index contributed by atoms with van der Waals surface area (Å²) in [6.07, 6.45) is 1.08. The monoisotopic (exact) mass is 266 g/mol. The van der Waals surface area contributed by atoms with Gasteiger partial charge in [0.25, 0.3) is 0 Å². The average molecular weight is 266 g/mol. The third-order valence-corrected chi connectivity index (χ3v) is 4.27. The van der Waals surface area contributed by atoms with E-state index in [4.69, 9.17) is 9.47 Å². The predicted molar refractivity (Wildman–Crippen MR) is 74.0 cm³/mol. The summed E-state index contributed by atoms with van der Waals surface area (Å²) in [5.74, 6) is 2.08. The number of carbonyl (C=O) groups is 1. The van der Waals surface area contributed by atoms with Crippen molar-refractivity contribution in [2.75, 3.05) is 19.0 Å². The zero-order chi connectivity index (χ0) is 13.0. The molecule has 2 rings (SSSR count). The van der Waals surface area contributed by atoms with Gasteiger partial charge in [0, 0.05) is 10.8 Å². The van der Waals surface area contributed by atoms with Crippen LogP contribution in [0.25, 0.3) is 0 Å². The van der Waals surface area contributed by atoms with Gasteiger partial charge in [-0.3, -0.25) is 4.79 Å². The van der Waals surface area contributed by atoms with Gasteiger partial charge in [0.05, 0.1) is 5.75 Å². The van der Waals surface area contributed by atoms with Crippen molar-refractivity contribution in [1.29, 1.82) is 0 Å². The quantitative estimate of drug-likeness (QED) is 0.767. The number of ketones is 1. The molecule has 0 spiro atoms. The Morgan fingerprint density at radius 2 is 2.06 bits per heavy atom. The molecule has 1 aromatic carbocycles. The minimum absolute atomic E-state index is 0.150. The summed E-state index contributed by atoms with van der Waals surface area (Å²) in [6.45, 7) is 5.39. The van der Waals surface area contributed by atoms with Crippen molar-refractivity contribution in [3.05, 3.63) is 23.8 Å². The van der Waals surface area contributed by atoms with Crippen molar-refractivity contribution >= 4 is 17.5 Å². The summed E-state index contributed by atoms with van der Waals surface area (Å²) in [5.41, 5.74) is 0.704. The molecule has 3 nitrogen and oxygen atoms in total. The standard InChI is InChI=1S/C14H18O3S/c1-3-10(2)18-9-12(15)11-4-5-13-14(8-11)17-7-6-16-13/h4-5,8,10H,3,6-7,9H2,1-2H3/t10-/m0/s1. The molecule has 0 N–H and O–H groups in total. The van der Waals surface area contributed by atoms with Gasteiger partial charge in [-0.2, -0.15) is 11.8 Å². The van der Waals surface area contributed by atoms with Gasteiger partial charge in [-0.25, -0.2) is 0 Å². The lowest BCUT2D eigenvalue weighted by molar-refractivity contribution is 0.102. The normalized spacial score (nSPS) is 15.2. The Labute approximate surface area is 112 Å². The number of hydrogen-bond donors (Lipinski definition) is 0. The van der Waals surface area contributed by atoms with E-state index in [1.54, 1.807) is 17.8 Å². The van der Waals surface area contributed by atoms with Crippen LogP contribution in [0.5, 0.6) is 11.5 Å². The molecule has 1 atom stereocenters. The van der Waals surface area contributed by atoms with E-state index in [0.29, 0.717) is 35.5 Å². The number of benzene rings is 1. The van der Waals surface area contributed by atoms with Gasteiger partial charge in [-0.1, -0.05) is 13.8 Å². The molecule has 1 aromatic rings. The maximum absolute atomic E-state index is 12.0. The highest BCUT2D eigenvalue weighted by Crippen LogP contribution is 2.31. The molecule has 0 unspecified atom stereocenters. The molecule has 0 saturated heterocycles. The Hall–Kier alpha value is -1.16. The fourth-order valence-electron chi connectivity index (χ4n) is 1.64. The third kappa shape index (κ3) is 3.19. The van der Waals surface area contributed by atoms with Crippen LogP contribution in [0.3, 0.4) is 0 Å². The molecule has 0 bridgehead atoms. The van der Waals surface area contributed by atoms with Crippen LogP contribution in [0.1, 0.15) is 30.6 Å². The zero-order valence-electron chi connectivity index (χ0n) is 10.8. The van der Waals surface area contributed by atoms with Gasteiger partial charge in [0.2, 0.25) is 0 Å². The van der Waals surface area contributed by atoms with Gasteiger partial charge >= 0.3 is 0 Å². The highest BCUT2D eigenvalue weighted by Gasteiger charge is 2.15. The number of thioether (sulfide) groups is 1. The lowest BCUT2D eigenvalue weighted by Crippen LogP contribution is -2.16. The van der Waals surface area contributed by atoms with Crippen LogP contribution in [0, 0.1) is 0 Å². The lowest BCUT2D eigenvalue weighted by Gasteiger charge is -2.18. The van der Waals surface area contributed by atoms with E-state index >= 15 is 0 Å². The highest BCUT2D eigenvalue weighted by atomic mass is 32.2. The molecular formula is C14H18O3S. The molecule has 0 saturated carbocycles. The summed E-state index contributed by atoms with van der Waals surface area (Å²) >= 11 is 1.70. The lowest BCUT2D eigenvalue weighted by atomic mass is 10.1. The molecule has 0 radical (unpaired) electrons. The average Bonchev–Trinajstić information content (AvgIpc) is 2.43. The fraction of sp³-hybridized carbons (Fsp3) is 0.500. The van der Waals surface area contributed by atoms with E-state index in [1.165, 1.54) is 0 Å². The van der Waals surface area contributed by atoms with Crippen molar-refractivity contribution in [1.82, 2.24) is 0 Å². The van der Waals surface area contributed by atoms with Crippen LogP contribution >= 0.6 is 11.8 Å². The van der Waals surface area contributed by atoms with Gasteiger partial charge in [0.15, 0.2) is 17.3 Å². The number of ether oxygens (including phenoxy) is 2. The van der Waals surface area contributed by atoms with Gasteiger partial charge in [-0.05, 0) is 24.6 Å². The number of fused-ring (bicyclic) bond motifs is 1. The Kier molecular flexibility index (Phi) is 4.53. The molecule has 1 heterocycles. The molecule has 0 amide bonds. The van der Waals surface area contributed by atoms with Crippen LogP contribution in [-0.4, -0.2) is 30.0 Å². The van der Waals surface area contributed by atoms with Gasteiger partial charge in [0.1, 0.15) is 13.2 Å². The van der Waals surface area contributed by atoms with Crippen molar-refractivity contribution in [3.8, 4) is 11.5 Å². The van der Waals surface area contributed by atoms with E-state index < -0.39 is 0 Å². The zero-order valence-corrected chi connectivity index (χ0v) is 11.6. The first-order valence-electron chi connectivity index (χ1n) is 6.25.